The molecule has 0 spiro atoms. The Labute approximate surface area is 190 Å². The lowest BCUT2D eigenvalue weighted by Crippen LogP contribution is -2.44. The Balaban J connectivity index is 1.61. The quantitative estimate of drug-likeness (QED) is 0.547. The number of nitrogens with zero attached hydrogens (tertiary/aromatic N) is 1. The van der Waals surface area contributed by atoms with Crippen LogP contribution in [0.1, 0.15) is 55.0 Å². The van der Waals surface area contributed by atoms with Gasteiger partial charge in [-0.3, -0.25) is 4.79 Å². The van der Waals surface area contributed by atoms with Crippen LogP contribution in [0.25, 0.3) is 0 Å². The van der Waals surface area contributed by atoms with E-state index < -0.39 is 5.60 Å². The van der Waals surface area contributed by atoms with Crippen LogP contribution in [0.15, 0.2) is 78.9 Å². The number of hydrogen-bond donors (Lipinski definition) is 2. The Morgan fingerprint density at radius 2 is 1.56 bits per heavy atom. The molecule has 1 amide bonds. The van der Waals surface area contributed by atoms with Crippen molar-refractivity contribution >= 4 is 11.6 Å². The molecular formula is C28H32N2O2. The molecule has 1 aliphatic carbocycles. The van der Waals surface area contributed by atoms with Crippen molar-refractivity contribution in [2.24, 2.45) is 0 Å². The van der Waals surface area contributed by atoms with Crippen molar-refractivity contribution in [3.8, 4) is 0 Å². The molecule has 0 saturated heterocycles. The van der Waals surface area contributed by atoms with Crippen molar-refractivity contribution in [3.63, 3.8) is 0 Å². The van der Waals surface area contributed by atoms with E-state index in [1.165, 1.54) is 36.2 Å². The largest absolute Gasteiger partial charge is 0.381 e. The Kier molecular flexibility index (Phi) is 6.61. The Hall–Kier alpha value is -3.11. The average Bonchev–Trinajstić information content (AvgIpc) is 2.79. The summed E-state index contributed by atoms with van der Waals surface area (Å²) >= 11 is 0. The van der Waals surface area contributed by atoms with Crippen molar-refractivity contribution < 1.29 is 9.90 Å². The van der Waals surface area contributed by atoms with Gasteiger partial charge in [0.2, 0.25) is 0 Å². The van der Waals surface area contributed by atoms with Gasteiger partial charge in [-0.15, -0.1) is 0 Å². The molecule has 3 aromatic rings. The zero-order chi connectivity index (χ0) is 22.6. The van der Waals surface area contributed by atoms with Gasteiger partial charge in [-0.1, -0.05) is 66.7 Å². The number of aliphatic hydroxyl groups is 1. The van der Waals surface area contributed by atoms with Crippen LogP contribution < -0.4 is 10.2 Å². The maximum Gasteiger partial charge on any atom is 0.251 e. The number of fused-ring (bicyclic) bond motifs is 1. The molecule has 0 aromatic heterocycles. The predicted molar refractivity (Wildman–Crippen MR) is 129 cm³/mol. The first-order valence-electron chi connectivity index (χ1n) is 11.4. The smallest absolute Gasteiger partial charge is 0.251 e. The lowest BCUT2D eigenvalue weighted by Gasteiger charge is -2.31. The molecule has 2 N–H and O–H groups in total. The van der Waals surface area contributed by atoms with Crippen LogP contribution in [0.5, 0.6) is 0 Å². The molecule has 32 heavy (non-hydrogen) atoms. The van der Waals surface area contributed by atoms with Crippen LogP contribution in [-0.4, -0.2) is 16.6 Å². The topological polar surface area (TPSA) is 52.6 Å². The van der Waals surface area contributed by atoms with Gasteiger partial charge in [-0.2, -0.15) is 0 Å². The fourth-order valence-corrected chi connectivity index (χ4v) is 4.33. The molecular weight excluding hydrogens is 396 g/mol. The summed E-state index contributed by atoms with van der Waals surface area (Å²) in [6.07, 6.45) is 2.92. The highest BCUT2D eigenvalue weighted by Crippen LogP contribution is 2.33. The molecule has 0 aliphatic heterocycles. The normalized spacial score (nSPS) is 15.7. The highest BCUT2D eigenvalue weighted by Gasteiger charge is 2.29. The molecule has 1 unspecified atom stereocenters. The van der Waals surface area contributed by atoms with Crippen LogP contribution in [-0.2, 0) is 24.3 Å². The number of aryl methyl sites for hydroxylation is 1. The standard InChI is InChI=1S/C28H32N2O2/c1-28(2,32)27(31)29-26-15-9-14-23-18-24(16-17-25(23)26)30(19-21-10-5-3-6-11-21)20-22-12-7-4-8-13-22/h3-8,10-13,16-18,26,32H,9,14-15,19-20H2,1-2H3,(H,29,31). The molecule has 0 bridgehead atoms. The fourth-order valence-electron chi connectivity index (χ4n) is 4.33. The molecule has 4 heteroatoms. The van der Waals surface area contributed by atoms with E-state index in [-0.39, 0.29) is 11.9 Å². The van der Waals surface area contributed by atoms with Gasteiger partial charge in [0.15, 0.2) is 0 Å². The first-order chi connectivity index (χ1) is 15.4. The Morgan fingerprint density at radius 1 is 0.969 bits per heavy atom. The van der Waals surface area contributed by atoms with Gasteiger partial charge in [-0.05, 0) is 67.5 Å². The fraction of sp³-hybridized carbons (Fsp3) is 0.321. The highest BCUT2D eigenvalue weighted by atomic mass is 16.3. The van der Waals surface area contributed by atoms with E-state index in [0.717, 1.165) is 37.9 Å². The van der Waals surface area contributed by atoms with Gasteiger partial charge in [0.1, 0.15) is 5.60 Å². The van der Waals surface area contributed by atoms with Crippen LogP contribution >= 0.6 is 0 Å². The van der Waals surface area contributed by atoms with Crippen molar-refractivity contribution in [2.45, 2.75) is 57.8 Å². The second-order valence-electron chi connectivity index (χ2n) is 9.19. The third-order valence-corrected chi connectivity index (χ3v) is 6.10. The molecule has 3 aromatic carbocycles. The maximum atomic E-state index is 12.4. The summed E-state index contributed by atoms with van der Waals surface area (Å²) in [5.41, 5.74) is 4.80. The monoisotopic (exact) mass is 428 g/mol. The van der Waals surface area contributed by atoms with Crippen molar-refractivity contribution in [1.82, 2.24) is 5.32 Å². The highest BCUT2D eigenvalue weighted by molar-refractivity contribution is 5.84. The number of anilines is 1. The van der Waals surface area contributed by atoms with Gasteiger partial charge in [0, 0.05) is 18.8 Å². The minimum Gasteiger partial charge on any atom is -0.381 e. The van der Waals surface area contributed by atoms with E-state index in [9.17, 15) is 9.90 Å². The van der Waals surface area contributed by atoms with Gasteiger partial charge < -0.3 is 15.3 Å². The van der Waals surface area contributed by atoms with E-state index in [4.69, 9.17) is 0 Å². The second-order valence-corrected chi connectivity index (χ2v) is 9.19. The molecule has 1 aliphatic rings. The first kappa shape index (κ1) is 22.1. The zero-order valence-electron chi connectivity index (χ0n) is 18.9. The number of amides is 1. The van der Waals surface area contributed by atoms with Crippen LogP contribution in [0.2, 0.25) is 0 Å². The summed E-state index contributed by atoms with van der Waals surface area (Å²) in [7, 11) is 0. The van der Waals surface area contributed by atoms with Crippen LogP contribution in [0, 0.1) is 0 Å². The summed E-state index contributed by atoms with van der Waals surface area (Å²) in [4.78, 5) is 14.8. The summed E-state index contributed by atoms with van der Waals surface area (Å²) in [5, 5.41) is 13.1. The van der Waals surface area contributed by atoms with E-state index in [1.54, 1.807) is 0 Å². The summed E-state index contributed by atoms with van der Waals surface area (Å²) in [6, 6.07) is 27.6. The van der Waals surface area contributed by atoms with Gasteiger partial charge in [0.05, 0.1) is 6.04 Å². The number of carbonyl (C=O) groups excluding carboxylic acids is 1. The Morgan fingerprint density at radius 3 is 2.12 bits per heavy atom. The molecule has 0 saturated carbocycles. The maximum absolute atomic E-state index is 12.4. The molecule has 0 heterocycles. The van der Waals surface area contributed by atoms with E-state index in [1.807, 2.05) is 12.1 Å². The average molecular weight is 429 g/mol. The number of carbonyl (C=O) groups is 1. The first-order valence-corrected chi connectivity index (χ1v) is 11.4. The van der Waals surface area contributed by atoms with Gasteiger partial charge in [-0.25, -0.2) is 0 Å². The Bertz CT molecular complexity index is 1000. The van der Waals surface area contributed by atoms with Gasteiger partial charge in [0.25, 0.3) is 5.91 Å². The summed E-state index contributed by atoms with van der Waals surface area (Å²) in [5.74, 6) is -0.325. The predicted octanol–water partition coefficient (Wildman–Crippen LogP) is 5.16. The molecule has 166 valence electrons. The van der Waals surface area contributed by atoms with E-state index in [2.05, 4.69) is 76.9 Å². The van der Waals surface area contributed by atoms with Crippen molar-refractivity contribution in [1.29, 1.82) is 0 Å². The third kappa shape index (κ3) is 5.38. The number of benzene rings is 3. The number of hydrogen-bond acceptors (Lipinski definition) is 3. The molecule has 0 radical (unpaired) electrons. The molecule has 0 fully saturated rings. The second kappa shape index (κ2) is 9.58. The van der Waals surface area contributed by atoms with Crippen LogP contribution in [0.4, 0.5) is 5.69 Å². The van der Waals surface area contributed by atoms with Gasteiger partial charge >= 0.3 is 0 Å². The lowest BCUT2D eigenvalue weighted by molar-refractivity contribution is -0.137. The zero-order valence-corrected chi connectivity index (χ0v) is 18.9. The molecule has 1 atom stereocenters. The van der Waals surface area contributed by atoms with Crippen LogP contribution in [0.3, 0.4) is 0 Å². The SMILES string of the molecule is CC(C)(O)C(=O)NC1CCCc2cc(N(Cc3ccccc3)Cc3ccccc3)ccc21. The minimum absolute atomic E-state index is 0.0524. The van der Waals surface area contributed by atoms with Crippen molar-refractivity contribution in [2.75, 3.05) is 4.90 Å². The summed E-state index contributed by atoms with van der Waals surface area (Å²) in [6.45, 7) is 4.71. The van der Waals surface area contributed by atoms with Crippen molar-refractivity contribution in [3.05, 3.63) is 101 Å². The minimum atomic E-state index is -1.38. The number of nitrogens with one attached hydrogen (secondary N) is 1. The molecule has 4 nitrogen and oxygen atoms in total. The van der Waals surface area contributed by atoms with E-state index in [0.29, 0.717) is 0 Å². The lowest BCUT2D eigenvalue weighted by atomic mass is 9.86. The van der Waals surface area contributed by atoms with E-state index >= 15 is 0 Å². The number of rotatable bonds is 7. The summed E-state index contributed by atoms with van der Waals surface area (Å²) < 4.78 is 0. The third-order valence-electron chi connectivity index (χ3n) is 6.10. The molecule has 4 rings (SSSR count).